The maximum Gasteiger partial charge on any atom is 0.348 e. The molecule has 2 aromatic rings. The Labute approximate surface area is 137 Å². The zero-order valence-corrected chi connectivity index (χ0v) is 13.8. The predicted molar refractivity (Wildman–Crippen MR) is 86.6 cm³/mol. The highest BCUT2D eigenvalue weighted by atomic mass is 32.2. The van der Waals surface area contributed by atoms with E-state index in [1.54, 1.807) is 6.07 Å². The van der Waals surface area contributed by atoms with Crippen LogP contribution in [0.25, 0.3) is 10.4 Å². The van der Waals surface area contributed by atoms with Gasteiger partial charge in [-0.25, -0.2) is 13.2 Å². The molecule has 2 aliphatic heterocycles. The van der Waals surface area contributed by atoms with Crippen LogP contribution in [0.15, 0.2) is 30.3 Å². The second-order valence-electron chi connectivity index (χ2n) is 5.68. The van der Waals surface area contributed by atoms with Gasteiger partial charge in [-0.15, -0.1) is 11.3 Å². The summed E-state index contributed by atoms with van der Waals surface area (Å²) < 4.78 is 33.9. The van der Waals surface area contributed by atoms with Crippen LogP contribution in [0.4, 0.5) is 0 Å². The molecule has 1 atom stereocenters. The second kappa shape index (κ2) is 5.35. The van der Waals surface area contributed by atoms with Gasteiger partial charge in [0.1, 0.15) is 23.3 Å². The number of esters is 1. The van der Waals surface area contributed by atoms with E-state index >= 15 is 0 Å². The fourth-order valence-electron chi connectivity index (χ4n) is 2.86. The Balaban J connectivity index is 1.58. The fourth-order valence-corrected chi connectivity index (χ4v) is 5.53. The van der Waals surface area contributed by atoms with E-state index in [0.29, 0.717) is 17.9 Å². The average molecular weight is 350 g/mol. The van der Waals surface area contributed by atoms with Crippen molar-refractivity contribution in [2.75, 3.05) is 11.5 Å². The van der Waals surface area contributed by atoms with Crippen LogP contribution in [-0.2, 0) is 21.2 Å². The lowest BCUT2D eigenvalue weighted by Gasteiger charge is -2.16. The number of rotatable bonds is 2. The number of ether oxygens (including phenoxy) is 2. The molecule has 7 heteroatoms. The van der Waals surface area contributed by atoms with Gasteiger partial charge in [0.15, 0.2) is 9.84 Å². The van der Waals surface area contributed by atoms with Crippen LogP contribution in [0.2, 0.25) is 0 Å². The number of carbonyl (C=O) groups excluding carboxylic acids is 1. The lowest BCUT2D eigenvalue weighted by molar-refractivity contribution is 0.0362. The van der Waals surface area contributed by atoms with Gasteiger partial charge in [-0.05, 0) is 24.6 Å². The molecular weight excluding hydrogens is 336 g/mol. The largest absolute Gasteiger partial charge is 0.488 e. The summed E-state index contributed by atoms with van der Waals surface area (Å²) in [5.41, 5.74) is 1.93. The lowest BCUT2D eigenvalue weighted by atomic mass is 10.1. The lowest BCUT2D eigenvalue weighted by Crippen LogP contribution is -2.18. The Morgan fingerprint density at radius 2 is 2.13 bits per heavy atom. The second-order valence-corrected chi connectivity index (χ2v) is 8.96. The number of fused-ring (bicyclic) bond motifs is 3. The molecule has 1 aromatic heterocycles. The molecule has 5 nitrogen and oxygen atoms in total. The number of sulfone groups is 1. The summed E-state index contributed by atoms with van der Waals surface area (Å²) in [7, 11) is -3.06. The molecule has 0 spiro atoms. The Morgan fingerprint density at radius 3 is 2.91 bits per heavy atom. The molecule has 0 amide bonds. The van der Waals surface area contributed by atoms with Crippen molar-refractivity contribution in [1.82, 2.24) is 0 Å². The summed E-state index contributed by atoms with van der Waals surface area (Å²) in [4.78, 5) is 13.8. The van der Waals surface area contributed by atoms with Crippen LogP contribution in [0.5, 0.6) is 5.75 Å². The molecule has 1 saturated heterocycles. The zero-order chi connectivity index (χ0) is 16.0. The van der Waals surface area contributed by atoms with Gasteiger partial charge in [0.05, 0.1) is 11.5 Å². The van der Waals surface area contributed by atoms with Gasteiger partial charge in [0, 0.05) is 16.0 Å². The summed E-state index contributed by atoms with van der Waals surface area (Å²) in [6.45, 7) is 0.425. The van der Waals surface area contributed by atoms with Crippen molar-refractivity contribution in [3.63, 3.8) is 0 Å². The highest BCUT2D eigenvalue weighted by Gasteiger charge is 2.32. The normalized spacial score (nSPS) is 21.1. The first kappa shape index (κ1) is 14.7. The van der Waals surface area contributed by atoms with Gasteiger partial charge in [-0.3, -0.25) is 0 Å². The summed E-state index contributed by atoms with van der Waals surface area (Å²) >= 11 is 1.37. The SMILES string of the molecule is O=C(OC1CCS(=O)(=O)C1)c1cc2c(s1)-c1ccccc1OC2. The van der Waals surface area contributed by atoms with Crippen LogP contribution in [0, 0.1) is 0 Å². The molecule has 2 aliphatic rings. The van der Waals surface area contributed by atoms with E-state index in [2.05, 4.69) is 0 Å². The zero-order valence-electron chi connectivity index (χ0n) is 12.2. The van der Waals surface area contributed by atoms with E-state index < -0.39 is 21.9 Å². The number of para-hydroxylation sites is 1. The monoisotopic (exact) mass is 350 g/mol. The molecule has 3 heterocycles. The third kappa shape index (κ3) is 2.74. The Morgan fingerprint density at radius 1 is 1.30 bits per heavy atom. The molecule has 1 fully saturated rings. The van der Waals surface area contributed by atoms with E-state index in [4.69, 9.17) is 9.47 Å². The molecule has 0 N–H and O–H groups in total. The summed E-state index contributed by atoms with van der Waals surface area (Å²) in [6.07, 6.45) is -0.152. The molecule has 0 aliphatic carbocycles. The van der Waals surface area contributed by atoms with Crippen molar-refractivity contribution in [1.29, 1.82) is 0 Å². The molecule has 23 heavy (non-hydrogen) atoms. The standard InChI is InChI=1S/C16H14O5S2/c17-16(21-11-5-6-23(18,19)9-11)14-7-10-8-20-13-4-2-1-3-12(13)15(10)22-14/h1-4,7,11H,5-6,8-9H2. The topological polar surface area (TPSA) is 69.7 Å². The Bertz CT molecular complexity index is 882. The van der Waals surface area contributed by atoms with Crippen molar-refractivity contribution in [2.45, 2.75) is 19.1 Å². The third-order valence-corrected chi connectivity index (χ3v) is 6.92. The fraction of sp³-hybridized carbons (Fsp3) is 0.312. The van der Waals surface area contributed by atoms with Crippen molar-refractivity contribution >= 4 is 27.1 Å². The van der Waals surface area contributed by atoms with Gasteiger partial charge >= 0.3 is 5.97 Å². The number of thiophene rings is 1. The number of benzene rings is 1. The van der Waals surface area contributed by atoms with Gasteiger partial charge in [0.25, 0.3) is 0 Å². The first-order valence-electron chi connectivity index (χ1n) is 7.28. The molecule has 1 unspecified atom stereocenters. The maximum absolute atomic E-state index is 12.3. The quantitative estimate of drug-likeness (QED) is 0.779. The Kier molecular flexibility index (Phi) is 3.42. The highest BCUT2D eigenvalue weighted by molar-refractivity contribution is 7.91. The van der Waals surface area contributed by atoms with E-state index in [1.807, 2.05) is 24.3 Å². The first-order valence-corrected chi connectivity index (χ1v) is 9.92. The molecule has 120 valence electrons. The minimum Gasteiger partial charge on any atom is -0.488 e. The average Bonchev–Trinajstić information content (AvgIpc) is 3.10. The summed E-state index contributed by atoms with van der Waals surface area (Å²) in [5.74, 6) is 0.371. The predicted octanol–water partition coefficient (Wildman–Crippen LogP) is 2.65. The molecular formula is C16H14O5S2. The van der Waals surface area contributed by atoms with E-state index in [-0.39, 0.29) is 11.5 Å². The molecule has 0 saturated carbocycles. The molecule has 1 aromatic carbocycles. The molecule has 0 radical (unpaired) electrons. The third-order valence-electron chi connectivity index (χ3n) is 3.99. The van der Waals surface area contributed by atoms with Crippen LogP contribution in [-0.4, -0.2) is 32.0 Å². The van der Waals surface area contributed by atoms with Gasteiger partial charge in [-0.1, -0.05) is 12.1 Å². The highest BCUT2D eigenvalue weighted by Crippen LogP contribution is 2.42. The van der Waals surface area contributed by atoms with Crippen LogP contribution in [0.3, 0.4) is 0 Å². The molecule has 4 rings (SSSR count). The Hall–Kier alpha value is -1.86. The number of hydrogen-bond acceptors (Lipinski definition) is 6. The van der Waals surface area contributed by atoms with Gasteiger partial charge < -0.3 is 9.47 Å². The van der Waals surface area contributed by atoms with Crippen molar-refractivity contribution < 1.29 is 22.7 Å². The first-order chi connectivity index (χ1) is 11.0. The van der Waals surface area contributed by atoms with Gasteiger partial charge in [0.2, 0.25) is 0 Å². The van der Waals surface area contributed by atoms with E-state index in [9.17, 15) is 13.2 Å². The van der Waals surface area contributed by atoms with E-state index in [0.717, 1.165) is 21.8 Å². The summed E-state index contributed by atoms with van der Waals surface area (Å²) in [6, 6.07) is 9.48. The van der Waals surface area contributed by atoms with Crippen molar-refractivity contribution in [2.24, 2.45) is 0 Å². The van der Waals surface area contributed by atoms with Crippen molar-refractivity contribution in [3.05, 3.63) is 40.8 Å². The van der Waals surface area contributed by atoms with Crippen LogP contribution in [0.1, 0.15) is 21.7 Å². The summed E-state index contributed by atoms with van der Waals surface area (Å²) in [5, 5.41) is 0. The smallest absolute Gasteiger partial charge is 0.348 e. The maximum atomic E-state index is 12.3. The minimum atomic E-state index is -3.06. The molecule has 0 bridgehead atoms. The van der Waals surface area contributed by atoms with Crippen LogP contribution < -0.4 is 4.74 Å². The van der Waals surface area contributed by atoms with E-state index in [1.165, 1.54) is 11.3 Å². The van der Waals surface area contributed by atoms with Crippen LogP contribution >= 0.6 is 11.3 Å². The minimum absolute atomic E-state index is 0.0736. The number of hydrogen-bond donors (Lipinski definition) is 0. The van der Waals surface area contributed by atoms with Crippen molar-refractivity contribution in [3.8, 4) is 16.2 Å². The van der Waals surface area contributed by atoms with Gasteiger partial charge in [-0.2, -0.15) is 0 Å². The number of carbonyl (C=O) groups is 1.